The molecule has 1 aromatic carbocycles. The highest BCUT2D eigenvalue weighted by Gasteiger charge is 2.69. The SMILES string of the molecule is CCC(C)(C)[C@@H]1CCC2=NN(C(=O)c3ccc(C)cc3)[C@@](O)(C(F)(F)F)[C@H]2C1. The maximum absolute atomic E-state index is 14.1. The number of hydrogen-bond acceptors (Lipinski definition) is 3. The van der Waals surface area contributed by atoms with Gasteiger partial charge in [0.25, 0.3) is 11.6 Å². The van der Waals surface area contributed by atoms with E-state index < -0.39 is 23.7 Å². The predicted octanol–water partition coefficient (Wildman–Crippen LogP) is 4.91. The van der Waals surface area contributed by atoms with Crippen molar-refractivity contribution in [2.24, 2.45) is 22.4 Å². The van der Waals surface area contributed by atoms with Crippen molar-refractivity contribution in [1.29, 1.82) is 0 Å². The van der Waals surface area contributed by atoms with Crippen LogP contribution in [0.25, 0.3) is 0 Å². The summed E-state index contributed by atoms with van der Waals surface area (Å²) in [6.07, 6.45) is -2.96. The van der Waals surface area contributed by atoms with Crippen LogP contribution in [0.15, 0.2) is 29.4 Å². The van der Waals surface area contributed by atoms with Crippen molar-refractivity contribution in [3.05, 3.63) is 35.4 Å². The van der Waals surface area contributed by atoms with Gasteiger partial charge in [-0.1, -0.05) is 44.9 Å². The number of carbonyl (C=O) groups excluding carboxylic acids is 1. The largest absolute Gasteiger partial charge is 0.439 e. The van der Waals surface area contributed by atoms with Gasteiger partial charge in [0.05, 0.1) is 5.92 Å². The van der Waals surface area contributed by atoms with E-state index in [0.29, 0.717) is 12.8 Å². The first-order chi connectivity index (χ1) is 12.9. The van der Waals surface area contributed by atoms with E-state index in [2.05, 4.69) is 5.10 Å². The van der Waals surface area contributed by atoms with Gasteiger partial charge in [-0.3, -0.25) is 4.79 Å². The predicted molar refractivity (Wildman–Crippen MR) is 101 cm³/mol. The number of rotatable bonds is 3. The van der Waals surface area contributed by atoms with Crippen molar-refractivity contribution >= 4 is 11.6 Å². The number of nitrogens with zero attached hydrogens (tertiary/aromatic N) is 2. The summed E-state index contributed by atoms with van der Waals surface area (Å²) < 4.78 is 42.3. The minimum absolute atomic E-state index is 0.0183. The average molecular weight is 396 g/mol. The molecule has 0 radical (unpaired) electrons. The van der Waals surface area contributed by atoms with Crippen LogP contribution < -0.4 is 0 Å². The lowest BCUT2D eigenvalue weighted by Gasteiger charge is -2.43. The lowest BCUT2D eigenvalue weighted by Crippen LogP contribution is -2.62. The maximum atomic E-state index is 14.1. The molecule has 0 bridgehead atoms. The van der Waals surface area contributed by atoms with Crippen molar-refractivity contribution in [1.82, 2.24) is 5.01 Å². The zero-order valence-electron chi connectivity index (χ0n) is 16.7. The monoisotopic (exact) mass is 396 g/mol. The summed E-state index contributed by atoms with van der Waals surface area (Å²) in [5, 5.41) is 15.2. The second-order valence-electron chi connectivity index (χ2n) is 8.66. The Kier molecular flexibility index (Phi) is 5.11. The van der Waals surface area contributed by atoms with Crippen molar-refractivity contribution < 1.29 is 23.1 Å². The second kappa shape index (κ2) is 6.87. The Labute approximate surface area is 163 Å². The highest BCUT2D eigenvalue weighted by atomic mass is 19.4. The Morgan fingerprint density at radius 3 is 2.43 bits per heavy atom. The van der Waals surface area contributed by atoms with Crippen LogP contribution in [0, 0.1) is 24.2 Å². The second-order valence-corrected chi connectivity index (χ2v) is 8.66. The van der Waals surface area contributed by atoms with Crippen molar-refractivity contribution in [2.75, 3.05) is 0 Å². The first-order valence-electron chi connectivity index (χ1n) is 9.69. The molecule has 3 rings (SSSR count). The standard InChI is InChI=1S/C21H27F3N2O2/c1-5-19(3,4)15-10-11-17-16(12-15)20(28,21(22,23)24)26(25-17)18(27)14-8-6-13(2)7-9-14/h6-9,15-16,28H,5,10-12H2,1-4H3/t15-,16+,20+/m1/s1. The van der Waals surface area contributed by atoms with E-state index in [1.807, 2.05) is 27.7 Å². The molecule has 1 N–H and O–H groups in total. The smallest absolute Gasteiger partial charge is 0.362 e. The first kappa shape index (κ1) is 20.8. The highest BCUT2D eigenvalue weighted by Crippen LogP contribution is 2.52. The molecule has 0 aromatic heterocycles. The van der Waals surface area contributed by atoms with Crippen LogP contribution in [0.1, 0.15) is 62.4 Å². The summed E-state index contributed by atoms with van der Waals surface area (Å²) in [6, 6.07) is 6.21. The highest BCUT2D eigenvalue weighted by molar-refractivity contribution is 5.99. The van der Waals surface area contributed by atoms with Gasteiger partial charge in [0.15, 0.2) is 0 Å². The number of benzene rings is 1. The molecule has 1 fully saturated rings. The first-order valence-corrected chi connectivity index (χ1v) is 9.69. The van der Waals surface area contributed by atoms with Crippen LogP contribution >= 0.6 is 0 Å². The Bertz CT molecular complexity index is 786. The fourth-order valence-corrected chi connectivity index (χ4v) is 4.24. The van der Waals surface area contributed by atoms with E-state index in [1.165, 1.54) is 12.1 Å². The number of carbonyl (C=O) groups is 1. The lowest BCUT2D eigenvalue weighted by atomic mass is 9.64. The van der Waals surface area contributed by atoms with E-state index >= 15 is 0 Å². The fraction of sp³-hybridized carbons (Fsp3) is 0.619. The van der Waals surface area contributed by atoms with E-state index in [0.717, 1.165) is 12.0 Å². The molecule has 1 aliphatic heterocycles. The third-order valence-electron chi connectivity index (χ3n) is 6.63. The Hall–Kier alpha value is -1.89. The summed E-state index contributed by atoms with van der Waals surface area (Å²) in [6.45, 7) is 7.91. The van der Waals surface area contributed by atoms with Gasteiger partial charge in [-0.05, 0) is 49.7 Å². The van der Waals surface area contributed by atoms with Crippen LogP contribution in [0.3, 0.4) is 0 Å². The summed E-state index contributed by atoms with van der Waals surface area (Å²) in [5.74, 6) is -2.15. The van der Waals surface area contributed by atoms with E-state index in [1.54, 1.807) is 12.1 Å². The minimum Gasteiger partial charge on any atom is -0.362 e. The van der Waals surface area contributed by atoms with Gasteiger partial charge >= 0.3 is 6.18 Å². The van der Waals surface area contributed by atoms with Crippen LogP contribution in [-0.2, 0) is 0 Å². The van der Waals surface area contributed by atoms with Crippen LogP contribution in [0.5, 0.6) is 0 Å². The van der Waals surface area contributed by atoms with Crippen molar-refractivity contribution in [3.8, 4) is 0 Å². The molecule has 1 saturated carbocycles. The fourth-order valence-electron chi connectivity index (χ4n) is 4.24. The minimum atomic E-state index is -5.01. The molecule has 1 aliphatic carbocycles. The average Bonchev–Trinajstić information content (AvgIpc) is 2.95. The summed E-state index contributed by atoms with van der Waals surface area (Å²) in [4.78, 5) is 12.9. The number of hydrogen-bond donors (Lipinski definition) is 1. The molecule has 0 saturated heterocycles. The third-order valence-corrected chi connectivity index (χ3v) is 6.63. The number of fused-ring (bicyclic) bond motifs is 1. The molecule has 1 amide bonds. The van der Waals surface area contributed by atoms with Gasteiger partial charge in [-0.25, -0.2) is 0 Å². The quantitative estimate of drug-likeness (QED) is 0.789. The topological polar surface area (TPSA) is 52.9 Å². The Morgan fingerprint density at radius 1 is 1.29 bits per heavy atom. The van der Waals surface area contributed by atoms with E-state index in [9.17, 15) is 23.1 Å². The molecule has 3 atom stereocenters. The zero-order valence-corrected chi connectivity index (χ0v) is 16.7. The van der Waals surface area contributed by atoms with Gasteiger partial charge in [-0.15, -0.1) is 0 Å². The molecule has 1 heterocycles. The number of aliphatic hydroxyl groups is 1. The lowest BCUT2D eigenvalue weighted by molar-refractivity contribution is -0.314. The summed E-state index contributed by atoms with van der Waals surface area (Å²) in [5.41, 5.74) is -2.24. The summed E-state index contributed by atoms with van der Waals surface area (Å²) in [7, 11) is 0. The van der Waals surface area contributed by atoms with Gasteiger partial charge in [0.2, 0.25) is 0 Å². The molecule has 154 valence electrons. The number of aryl methyl sites for hydroxylation is 1. The van der Waals surface area contributed by atoms with Crippen LogP contribution in [-0.4, -0.2) is 33.6 Å². The molecule has 28 heavy (non-hydrogen) atoms. The molecule has 7 heteroatoms. The normalized spacial score (nSPS) is 28.1. The van der Waals surface area contributed by atoms with E-state index in [-0.39, 0.29) is 34.0 Å². The van der Waals surface area contributed by atoms with Crippen molar-refractivity contribution in [3.63, 3.8) is 0 Å². The van der Waals surface area contributed by atoms with Gasteiger partial charge in [-0.2, -0.15) is 23.3 Å². The number of alkyl halides is 3. The molecule has 0 spiro atoms. The number of hydrazone groups is 1. The molecular formula is C21H27F3N2O2. The third kappa shape index (κ3) is 3.23. The Balaban J connectivity index is 2.00. The van der Waals surface area contributed by atoms with Gasteiger partial charge in [0, 0.05) is 11.3 Å². The van der Waals surface area contributed by atoms with Crippen LogP contribution in [0.2, 0.25) is 0 Å². The molecule has 4 nitrogen and oxygen atoms in total. The molecular weight excluding hydrogens is 369 g/mol. The van der Waals surface area contributed by atoms with Crippen molar-refractivity contribution in [2.45, 2.75) is 65.3 Å². The van der Waals surface area contributed by atoms with Gasteiger partial charge in [0.1, 0.15) is 0 Å². The molecule has 0 unspecified atom stereocenters. The number of amides is 1. The molecule has 2 aliphatic rings. The summed E-state index contributed by atoms with van der Waals surface area (Å²) >= 11 is 0. The molecule has 1 aromatic rings. The maximum Gasteiger partial charge on any atom is 0.439 e. The number of halogens is 3. The van der Waals surface area contributed by atoms with Gasteiger partial charge < -0.3 is 5.11 Å². The van der Waals surface area contributed by atoms with Crippen LogP contribution in [0.4, 0.5) is 13.2 Å². The zero-order chi connectivity index (χ0) is 20.9. The van der Waals surface area contributed by atoms with E-state index in [4.69, 9.17) is 0 Å². The Morgan fingerprint density at radius 2 is 1.89 bits per heavy atom.